The van der Waals surface area contributed by atoms with E-state index in [9.17, 15) is 13.2 Å². The number of amides is 1. The van der Waals surface area contributed by atoms with E-state index < -0.39 is 15.9 Å². The average molecular weight is 332 g/mol. The second-order valence-electron chi connectivity index (χ2n) is 5.43. The van der Waals surface area contributed by atoms with Gasteiger partial charge in [0.2, 0.25) is 5.91 Å². The molecule has 0 saturated heterocycles. The van der Waals surface area contributed by atoms with Crippen LogP contribution in [0.15, 0.2) is 53.4 Å². The van der Waals surface area contributed by atoms with E-state index in [1.807, 2.05) is 12.1 Å². The number of carbonyl (C=O) groups excluding carboxylic acids is 1. The van der Waals surface area contributed by atoms with E-state index in [1.54, 1.807) is 12.1 Å². The predicted molar refractivity (Wildman–Crippen MR) is 90.9 cm³/mol. The first-order chi connectivity index (χ1) is 10.8. The maximum Gasteiger partial charge on any atom is 0.261 e. The molecule has 0 radical (unpaired) electrons. The van der Waals surface area contributed by atoms with E-state index in [1.165, 1.54) is 29.8 Å². The lowest BCUT2D eigenvalue weighted by Crippen LogP contribution is -2.14. The van der Waals surface area contributed by atoms with Crippen LogP contribution in [-0.4, -0.2) is 14.3 Å². The molecule has 6 heteroatoms. The highest BCUT2D eigenvalue weighted by Crippen LogP contribution is 2.22. The molecule has 0 saturated carbocycles. The molecule has 0 spiro atoms. The largest absolute Gasteiger partial charge is 0.366 e. The molecule has 0 aliphatic carbocycles. The van der Waals surface area contributed by atoms with Gasteiger partial charge in [0.05, 0.1) is 4.90 Å². The van der Waals surface area contributed by atoms with Crippen LogP contribution in [0.25, 0.3) is 0 Å². The normalized spacial score (nSPS) is 12.6. The summed E-state index contributed by atoms with van der Waals surface area (Å²) in [5, 5.41) is 0. The van der Waals surface area contributed by atoms with Crippen molar-refractivity contribution in [3.8, 4) is 0 Å². The summed E-state index contributed by atoms with van der Waals surface area (Å²) in [5.74, 6) is -0.162. The number of primary amides is 1. The third-order valence-electron chi connectivity index (χ3n) is 3.79. The number of hydrogen-bond donors (Lipinski definition) is 2. The molecule has 0 heterocycles. The van der Waals surface area contributed by atoms with Crippen molar-refractivity contribution in [2.24, 2.45) is 5.73 Å². The highest BCUT2D eigenvalue weighted by molar-refractivity contribution is 7.92. The predicted octanol–water partition coefficient (Wildman–Crippen LogP) is 3.10. The molecule has 0 unspecified atom stereocenters. The van der Waals surface area contributed by atoms with Crippen molar-refractivity contribution < 1.29 is 13.2 Å². The van der Waals surface area contributed by atoms with E-state index in [4.69, 9.17) is 5.73 Å². The summed E-state index contributed by atoms with van der Waals surface area (Å²) < 4.78 is 27.2. The van der Waals surface area contributed by atoms with E-state index >= 15 is 0 Å². The minimum Gasteiger partial charge on any atom is -0.366 e. The highest BCUT2D eigenvalue weighted by atomic mass is 32.2. The van der Waals surface area contributed by atoms with Gasteiger partial charge < -0.3 is 5.73 Å². The van der Waals surface area contributed by atoms with Gasteiger partial charge in [-0.25, -0.2) is 8.42 Å². The Morgan fingerprint density at radius 3 is 2.13 bits per heavy atom. The van der Waals surface area contributed by atoms with Crippen molar-refractivity contribution in [2.45, 2.75) is 31.1 Å². The Labute approximate surface area is 136 Å². The minimum absolute atomic E-state index is 0.0773. The third kappa shape index (κ3) is 4.10. The molecule has 2 aromatic rings. The molecule has 0 bridgehead atoms. The van der Waals surface area contributed by atoms with Gasteiger partial charge in [-0.1, -0.05) is 26.0 Å². The number of nitrogens with two attached hydrogens (primary N) is 1. The van der Waals surface area contributed by atoms with Crippen LogP contribution in [0.4, 0.5) is 5.69 Å². The van der Waals surface area contributed by atoms with Gasteiger partial charge in [-0.3, -0.25) is 9.52 Å². The Kier molecular flexibility index (Phi) is 5.05. The fourth-order valence-electron chi connectivity index (χ4n) is 2.13. The maximum atomic E-state index is 12.3. The van der Waals surface area contributed by atoms with E-state index in [2.05, 4.69) is 18.6 Å². The molecule has 0 fully saturated rings. The van der Waals surface area contributed by atoms with Crippen LogP contribution in [0.5, 0.6) is 0 Å². The Bertz CT molecular complexity index is 782. The van der Waals surface area contributed by atoms with Crippen molar-refractivity contribution in [3.63, 3.8) is 0 Å². The summed E-state index contributed by atoms with van der Waals surface area (Å²) in [7, 11) is -3.70. The summed E-state index contributed by atoms with van der Waals surface area (Å²) in [6, 6.07) is 12.8. The van der Waals surface area contributed by atoms with Crippen molar-refractivity contribution >= 4 is 21.6 Å². The highest BCUT2D eigenvalue weighted by Gasteiger charge is 2.15. The van der Waals surface area contributed by atoms with Crippen LogP contribution in [0.1, 0.15) is 42.1 Å². The molecule has 2 rings (SSSR count). The molecule has 2 aromatic carbocycles. The average Bonchev–Trinajstić information content (AvgIpc) is 2.54. The number of nitrogens with one attached hydrogen (secondary N) is 1. The van der Waals surface area contributed by atoms with Crippen molar-refractivity contribution in [3.05, 3.63) is 59.7 Å². The molecular weight excluding hydrogens is 312 g/mol. The topological polar surface area (TPSA) is 89.3 Å². The summed E-state index contributed by atoms with van der Waals surface area (Å²) in [6.07, 6.45) is 1.03. The third-order valence-corrected chi connectivity index (χ3v) is 5.19. The monoisotopic (exact) mass is 332 g/mol. The van der Waals surface area contributed by atoms with Crippen LogP contribution in [0.3, 0.4) is 0 Å². The molecule has 5 nitrogen and oxygen atoms in total. The molecule has 0 aliphatic heterocycles. The summed E-state index contributed by atoms with van der Waals surface area (Å²) in [6.45, 7) is 4.23. The summed E-state index contributed by atoms with van der Waals surface area (Å²) in [5.41, 5.74) is 7.07. The van der Waals surface area contributed by atoms with Gasteiger partial charge in [0.15, 0.2) is 0 Å². The molecule has 23 heavy (non-hydrogen) atoms. The Morgan fingerprint density at radius 2 is 1.65 bits per heavy atom. The van der Waals surface area contributed by atoms with Gasteiger partial charge in [0, 0.05) is 11.3 Å². The number of hydrogen-bond acceptors (Lipinski definition) is 3. The van der Waals surface area contributed by atoms with Gasteiger partial charge >= 0.3 is 0 Å². The second kappa shape index (κ2) is 6.83. The fourth-order valence-corrected chi connectivity index (χ4v) is 3.19. The van der Waals surface area contributed by atoms with Crippen LogP contribution in [0.2, 0.25) is 0 Å². The smallest absolute Gasteiger partial charge is 0.261 e. The van der Waals surface area contributed by atoms with Gasteiger partial charge in [-0.2, -0.15) is 0 Å². The van der Waals surface area contributed by atoms with Gasteiger partial charge in [-0.15, -0.1) is 0 Å². The molecule has 1 atom stereocenters. The lowest BCUT2D eigenvalue weighted by atomic mass is 9.99. The number of benzene rings is 2. The minimum atomic E-state index is -3.70. The van der Waals surface area contributed by atoms with E-state index in [0.717, 1.165) is 6.42 Å². The maximum absolute atomic E-state index is 12.3. The fraction of sp³-hybridized carbons (Fsp3) is 0.235. The lowest BCUT2D eigenvalue weighted by Gasteiger charge is -2.11. The number of rotatable bonds is 6. The van der Waals surface area contributed by atoms with E-state index in [-0.39, 0.29) is 10.5 Å². The van der Waals surface area contributed by atoms with E-state index in [0.29, 0.717) is 11.6 Å². The van der Waals surface area contributed by atoms with Crippen LogP contribution in [0, 0.1) is 0 Å². The SMILES string of the molecule is CC[C@H](C)c1ccc(NS(=O)(=O)c2ccc(C(N)=O)cc2)cc1. The molecule has 0 aromatic heterocycles. The first-order valence-electron chi connectivity index (χ1n) is 7.36. The second-order valence-corrected chi connectivity index (χ2v) is 7.11. The first kappa shape index (κ1) is 17.0. The first-order valence-corrected chi connectivity index (χ1v) is 8.84. The zero-order chi connectivity index (χ0) is 17.0. The van der Waals surface area contributed by atoms with Crippen molar-refractivity contribution in [1.82, 2.24) is 0 Å². The Morgan fingerprint density at radius 1 is 1.09 bits per heavy atom. The zero-order valence-electron chi connectivity index (χ0n) is 13.1. The standard InChI is InChI=1S/C17H20N2O3S/c1-3-12(2)13-4-8-15(9-5-13)19-23(21,22)16-10-6-14(7-11-16)17(18)20/h4-12,19H,3H2,1-2H3,(H2,18,20)/t12-/m0/s1. The number of sulfonamides is 1. The Balaban J connectivity index is 2.19. The molecular formula is C17H20N2O3S. The van der Waals surface area contributed by atoms with Crippen LogP contribution in [-0.2, 0) is 10.0 Å². The molecule has 122 valence electrons. The van der Waals surface area contributed by atoms with Crippen LogP contribution < -0.4 is 10.5 Å². The quantitative estimate of drug-likeness (QED) is 0.852. The van der Waals surface area contributed by atoms with Gasteiger partial charge in [0.25, 0.3) is 10.0 Å². The Hall–Kier alpha value is -2.34. The molecule has 3 N–H and O–H groups in total. The summed E-state index contributed by atoms with van der Waals surface area (Å²) >= 11 is 0. The number of carbonyl (C=O) groups is 1. The zero-order valence-corrected chi connectivity index (χ0v) is 13.9. The van der Waals surface area contributed by atoms with Gasteiger partial charge in [0.1, 0.15) is 0 Å². The van der Waals surface area contributed by atoms with Crippen molar-refractivity contribution in [2.75, 3.05) is 4.72 Å². The summed E-state index contributed by atoms with van der Waals surface area (Å²) in [4.78, 5) is 11.1. The molecule has 1 amide bonds. The molecule has 0 aliphatic rings. The lowest BCUT2D eigenvalue weighted by molar-refractivity contribution is 0.1000. The number of anilines is 1. The van der Waals surface area contributed by atoms with Crippen molar-refractivity contribution in [1.29, 1.82) is 0 Å². The van der Waals surface area contributed by atoms with Gasteiger partial charge in [-0.05, 0) is 54.3 Å². The van der Waals surface area contributed by atoms with Crippen LogP contribution >= 0.6 is 0 Å².